The van der Waals surface area contributed by atoms with Crippen molar-refractivity contribution in [1.29, 1.82) is 0 Å². The van der Waals surface area contributed by atoms with Crippen LogP contribution >= 0.6 is 11.3 Å². The SMILES string of the molecule is CCOC(=O)C1CCCCN1C(=O)CN1CCC(c2nc3ccccc3s2)CC1. The van der Waals surface area contributed by atoms with Gasteiger partial charge >= 0.3 is 5.97 Å². The molecule has 1 unspecified atom stereocenters. The summed E-state index contributed by atoms with van der Waals surface area (Å²) >= 11 is 1.79. The number of hydrogen-bond acceptors (Lipinski definition) is 6. The number of hydrogen-bond donors (Lipinski definition) is 0. The summed E-state index contributed by atoms with van der Waals surface area (Å²) < 4.78 is 6.43. The summed E-state index contributed by atoms with van der Waals surface area (Å²) in [4.78, 5) is 34.0. The molecule has 3 heterocycles. The number of carbonyl (C=O) groups is 2. The van der Waals surface area contributed by atoms with Crippen molar-refractivity contribution < 1.29 is 14.3 Å². The summed E-state index contributed by atoms with van der Waals surface area (Å²) in [7, 11) is 0. The van der Waals surface area contributed by atoms with Gasteiger partial charge in [-0.3, -0.25) is 9.69 Å². The lowest BCUT2D eigenvalue weighted by Crippen LogP contribution is -2.52. The Hall–Kier alpha value is -1.99. The summed E-state index contributed by atoms with van der Waals surface area (Å²) in [6, 6.07) is 7.88. The van der Waals surface area contributed by atoms with E-state index in [-0.39, 0.29) is 11.9 Å². The second-order valence-electron chi connectivity index (χ2n) is 7.92. The Labute approximate surface area is 175 Å². The topological polar surface area (TPSA) is 62.7 Å². The lowest BCUT2D eigenvalue weighted by molar-refractivity contribution is -0.157. The molecule has 7 heteroatoms. The van der Waals surface area contributed by atoms with Crippen LogP contribution in [0.4, 0.5) is 0 Å². The normalized spacial score (nSPS) is 21.4. The molecule has 2 saturated heterocycles. The number of nitrogens with zero attached hydrogens (tertiary/aromatic N) is 3. The molecule has 1 aromatic heterocycles. The maximum atomic E-state index is 12.9. The number of aromatic nitrogens is 1. The van der Waals surface area contributed by atoms with Gasteiger partial charge in [-0.25, -0.2) is 9.78 Å². The molecule has 0 saturated carbocycles. The van der Waals surface area contributed by atoms with Gasteiger partial charge in [-0.1, -0.05) is 12.1 Å². The molecule has 1 atom stereocenters. The third-order valence-corrected chi connectivity index (χ3v) is 7.19. The zero-order valence-corrected chi connectivity index (χ0v) is 17.8. The van der Waals surface area contributed by atoms with Gasteiger partial charge in [0.05, 0.1) is 28.4 Å². The molecule has 0 spiro atoms. The van der Waals surface area contributed by atoms with Crippen LogP contribution in [0.3, 0.4) is 0 Å². The lowest BCUT2D eigenvalue weighted by Gasteiger charge is -2.37. The van der Waals surface area contributed by atoms with Gasteiger partial charge in [0.2, 0.25) is 5.91 Å². The van der Waals surface area contributed by atoms with Crippen LogP contribution in [0.15, 0.2) is 24.3 Å². The molecule has 0 aliphatic carbocycles. The molecule has 2 aliphatic heterocycles. The average Bonchev–Trinajstić information content (AvgIpc) is 3.19. The van der Waals surface area contributed by atoms with E-state index in [4.69, 9.17) is 9.72 Å². The highest BCUT2D eigenvalue weighted by Gasteiger charge is 2.34. The quantitative estimate of drug-likeness (QED) is 0.700. The molecular formula is C22H29N3O3S. The Morgan fingerprint density at radius 1 is 1.14 bits per heavy atom. The fourth-order valence-corrected chi connectivity index (χ4v) is 5.53. The zero-order chi connectivity index (χ0) is 20.2. The van der Waals surface area contributed by atoms with Crippen molar-refractivity contribution >= 4 is 33.4 Å². The fourth-order valence-electron chi connectivity index (χ4n) is 4.40. The molecule has 0 bridgehead atoms. The fraction of sp³-hybridized carbons (Fsp3) is 0.591. The van der Waals surface area contributed by atoms with Crippen LogP contribution in [0.2, 0.25) is 0 Å². The van der Waals surface area contributed by atoms with Gasteiger partial charge in [0, 0.05) is 12.5 Å². The van der Waals surface area contributed by atoms with Gasteiger partial charge < -0.3 is 9.64 Å². The van der Waals surface area contributed by atoms with Crippen molar-refractivity contribution in [2.45, 2.75) is 51.0 Å². The Kier molecular flexibility index (Phi) is 6.45. The third kappa shape index (κ3) is 4.61. The van der Waals surface area contributed by atoms with Crippen LogP contribution in [0.25, 0.3) is 10.2 Å². The summed E-state index contributed by atoms with van der Waals surface area (Å²) in [5.41, 5.74) is 1.08. The molecule has 1 aromatic carbocycles. The molecule has 156 valence electrons. The van der Waals surface area contributed by atoms with Crippen LogP contribution in [0.5, 0.6) is 0 Å². The lowest BCUT2D eigenvalue weighted by atomic mass is 9.97. The van der Waals surface area contributed by atoms with E-state index >= 15 is 0 Å². The Bertz CT molecular complexity index is 827. The van der Waals surface area contributed by atoms with Gasteiger partial charge in [-0.05, 0) is 64.3 Å². The number of benzene rings is 1. The molecule has 29 heavy (non-hydrogen) atoms. The summed E-state index contributed by atoms with van der Waals surface area (Å²) in [6.07, 6.45) is 4.69. The largest absolute Gasteiger partial charge is 0.464 e. The summed E-state index contributed by atoms with van der Waals surface area (Å²) in [6.45, 7) is 5.00. The van der Waals surface area contributed by atoms with E-state index in [1.807, 2.05) is 13.0 Å². The van der Waals surface area contributed by atoms with Crippen LogP contribution in [0, 0.1) is 0 Å². The number of carbonyl (C=O) groups excluding carboxylic acids is 2. The number of rotatable bonds is 5. The number of likely N-dealkylation sites (tertiary alicyclic amines) is 2. The number of piperidine rings is 2. The average molecular weight is 416 g/mol. The first kappa shape index (κ1) is 20.3. The summed E-state index contributed by atoms with van der Waals surface area (Å²) in [5.74, 6) is 0.275. The van der Waals surface area contributed by atoms with E-state index in [1.165, 1.54) is 9.71 Å². The van der Waals surface area contributed by atoms with Crippen molar-refractivity contribution in [2.75, 3.05) is 32.8 Å². The van der Waals surface area contributed by atoms with E-state index in [2.05, 4.69) is 23.1 Å². The minimum Gasteiger partial charge on any atom is -0.464 e. The van der Waals surface area contributed by atoms with Gasteiger partial charge in [-0.15, -0.1) is 11.3 Å². The molecule has 6 nitrogen and oxygen atoms in total. The van der Waals surface area contributed by atoms with Crippen LogP contribution in [-0.2, 0) is 14.3 Å². The number of thiazole rings is 1. The van der Waals surface area contributed by atoms with Crippen molar-refractivity contribution in [3.63, 3.8) is 0 Å². The highest BCUT2D eigenvalue weighted by Crippen LogP contribution is 2.33. The molecule has 1 amide bonds. The molecule has 4 rings (SSSR count). The van der Waals surface area contributed by atoms with Crippen LogP contribution in [0.1, 0.15) is 50.0 Å². The third-order valence-electron chi connectivity index (χ3n) is 5.99. The Morgan fingerprint density at radius 2 is 1.93 bits per heavy atom. The molecule has 2 fully saturated rings. The maximum Gasteiger partial charge on any atom is 0.328 e. The van der Waals surface area contributed by atoms with Crippen molar-refractivity contribution in [3.8, 4) is 0 Å². The monoisotopic (exact) mass is 415 g/mol. The zero-order valence-electron chi connectivity index (χ0n) is 17.0. The van der Waals surface area contributed by atoms with E-state index in [0.717, 1.165) is 44.3 Å². The minimum atomic E-state index is -0.406. The number of esters is 1. The number of amides is 1. The Morgan fingerprint density at radius 3 is 2.69 bits per heavy atom. The molecule has 2 aromatic rings. The van der Waals surface area contributed by atoms with E-state index in [9.17, 15) is 9.59 Å². The Balaban J connectivity index is 1.32. The minimum absolute atomic E-state index is 0.0567. The second kappa shape index (κ2) is 9.22. The van der Waals surface area contributed by atoms with Gasteiger partial charge in [0.1, 0.15) is 6.04 Å². The predicted molar refractivity (Wildman–Crippen MR) is 114 cm³/mol. The maximum absolute atomic E-state index is 12.9. The first-order valence-corrected chi connectivity index (χ1v) is 11.5. The van der Waals surface area contributed by atoms with Gasteiger partial charge in [-0.2, -0.15) is 0 Å². The highest BCUT2D eigenvalue weighted by molar-refractivity contribution is 7.18. The van der Waals surface area contributed by atoms with Crippen LogP contribution in [-0.4, -0.2) is 65.5 Å². The van der Waals surface area contributed by atoms with Crippen molar-refractivity contribution in [3.05, 3.63) is 29.3 Å². The van der Waals surface area contributed by atoms with E-state index in [1.54, 1.807) is 16.2 Å². The smallest absolute Gasteiger partial charge is 0.328 e. The highest BCUT2D eigenvalue weighted by atomic mass is 32.1. The van der Waals surface area contributed by atoms with Gasteiger partial charge in [0.25, 0.3) is 0 Å². The number of ether oxygens (including phenoxy) is 1. The first-order valence-electron chi connectivity index (χ1n) is 10.7. The standard InChI is InChI=1S/C22H29N3O3S/c1-2-28-22(27)18-8-5-6-12-25(18)20(26)15-24-13-10-16(11-14-24)21-23-17-7-3-4-9-19(17)29-21/h3-4,7,9,16,18H,2,5-6,8,10-15H2,1H3. The molecular weight excluding hydrogens is 386 g/mol. The summed E-state index contributed by atoms with van der Waals surface area (Å²) in [5, 5.41) is 1.22. The van der Waals surface area contributed by atoms with E-state index < -0.39 is 6.04 Å². The van der Waals surface area contributed by atoms with Crippen molar-refractivity contribution in [1.82, 2.24) is 14.8 Å². The van der Waals surface area contributed by atoms with E-state index in [0.29, 0.717) is 32.0 Å². The predicted octanol–water partition coefficient (Wildman–Crippen LogP) is 3.42. The first-order chi connectivity index (χ1) is 14.2. The van der Waals surface area contributed by atoms with Crippen molar-refractivity contribution in [2.24, 2.45) is 0 Å². The number of fused-ring (bicyclic) bond motifs is 1. The molecule has 2 aliphatic rings. The second-order valence-corrected chi connectivity index (χ2v) is 8.98. The van der Waals surface area contributed by atoms with Crippen LogP contribution < -0.4 is 0 Å². The molecule has 0 N–H and O–H groups in total. The van der Waals surface area contributed by atoms with Gasteiger partial charge in [0.15, 0.2) is 0 Å². The number of para-hydroxylation sites is 1. The molecule has 0 radical (unpaired) electrons.